The van der Waals surface area contributed by atoms with Gasteiger partial charge in [-0.3, -0.25) is 24.1 Å². The summed E-state index contributed by atoms with van der Waals surface area (Å²) in [6.45, 7) is -0.240. The van der Waals surface area contributed by atoms with E-state index in [1.807, 2.05) is 0 Å². The van der Waals surface area contributed by atoms with Gasteiger partial charge in [0.15, 0.2) is 17.6 Å². The molecule has 3 unspecified atom stereocenters. The standard InChI is InChI=1S/C16H19N3O6/c1-18-15(21)12-13(8-4-5-9(23-2)10(6-8)24-3)19(7-11(17)20)25-14(12)16(18)22/h4-6,12-14H,7H2,1-3H3,(H2,17,20). The summed E-state index contributed by atoms with van der Waals surface area (Å²) in [7, 11) is 4.42. The van der Waals surface area contributed by atoms with Gasteiger partial charge >= 0.3 is 0 Å². The highest BCUT2D eigenvalue weighted by atomic mass is 16.7. The largest absolute Gasteiger partial charge is 0.493 e. The zero-order valence-electron chi connectivity index (χ0n) is 14.1. The fourth-order valence-electron chi connectivity index (χ4n) is 3.31. The molecular formula is C16H19N3O6. The van der Waals surface area contributed by atoms with Crippen LogP contribution in [0.25, 0.3) is 0 Å². The number of nitrogens with zero attached hydrogens (tertiary/aromatic N) is 2. The number of primary amides is 1. The number of benzene rings is 1. The molecule has 1 aromatic rings. The van der Waals surface area contributed by atoms with Crippen LogP contribution < -0.4 is 15.2 Å². The summed E-state index contributed by atoms with van der Waals surface area (Å²) in [4.78, 5) is 42.8. The molecule has 3 atom stereocenters. The molecule has 2 heterocycles. The lowest BCUT2D eigenvalue weighted by Gasteiger charge is -2.25. The highest BCUT2D eigenvalue weighted by molar-refractivity contribution is 6.07. The number of methoxy groups -OCH3 is 2. The van der Waals surface area contributed by atoms with Crippen LogP contribution in [0.5, 0.6) is 11.5 Å². The third kappa shape index (κ3) is 2.71. The molecule has 134 valence electrons. The Morgan fingerprint density at radius 2 is 1.88 bits per heavy atom. The van der Waals surface area contributed by atoms with Crippen molar-refractivity contribution in [3.05, 3.63) is 23.8 Å². The maximum absolute atomic E-state index is 12.5. The number of rotatable bonds is 5. The number of amides is 3. The summed E-state index contributed by atoms with van der Waals surface area (Å²) >= 11 is 0. The third-order valence-corrected chi connectivity index (χ3v) is 4.48. The molecule has 3 rings (SSSR count). The molecule has 9 nitrogen and oxygen atoms in total. The molecule has 2 N–H and O–H groups in total. The second kappa shape index (κ2) is 6.34. The molecule has 1 aromatic carbocycles. The second-order valence-corrected chi connectivity index (χ2v) is 5.89. The van der Waals surface area contributed by atoms with E-state index in [-0.39, 0.29) is 12.5 Å². The van der Waals surface area contributed by atoms with Gasteiger partial charge in [0.25, 0.3) is 5.91 Å². The van der Waals surface area contributed by atoms with Gasteiger partial charge in [0, 0.05) is 7.05 Å². The van der Waals surface area contributed by atoms with Crippen molar-refractivity contribution in [2.75, 3.05) is 27.8 Å². The Morgan fingerprint density at radius 1 is 1.20 bits per heavy atom. The first-order chi connectivity index (χ1) is 11.9. The number of ether oxygens (including phenoxy) is 2. The van der Waals surface area contributed by atoms with Crippen LogP contribution in [-0.4, -0.2) is 61.6 Å². The minimum absolute atomic E-state index is 0.240. The number of fused-ring (bicyclic) bond motifs is 1. The van der Waals surface area contributed by atoms with E-state index in [0.717, 1.165) is 4.90 Å². The van der Waals surface area contributed by atoms with E-state index < -0.39 is 29.9 Å². The van der Waals surface area contributed by atoms with Crippen molar-refractivity contribution in [3.63, 3.8) is 0 Å². The zero-order valence-corrected chi connectivity index (χ0v) is 14.1. The molecule has 2 saturated heterocycles. The Balaban J connectivity index is 2.04. The molecule has 0 bridgehead atoms. The Hall–Kier alpha value is -2.65. The van der Waals surface area contributed by atoms with E-state index in [1.54, 1.807) is 18.2 Å². The Bertz CT molecular complexity index is 737. The van der Waals surface area contributed by atoms with Crippen LogP contribution in [0.15, 0.2) is 18.2 Å². The number of carbonyl (C=O) groups is 3. The van der Waals surface area contributed by atoms with E-state index >= 15 is 0 Å². The summed E-state index contributed by atoms with van der Waals surface area (Å²) in [5.41, 5.74) is 5.93. The van der Waals surface area contributed by atoms with Gasteiger partial charge in [0.05, 0.1) is 26.2 Å². The van der Waals surface area contributed by atoms with Crippen LogP contribution in [0, 0.1) is 5.92 Å². The summed E-state index contributed by atoms with van der Waals surface area (Å²) in [6, 6.07) is 4.48. The quantitative estimate of drug-likeness (QED) is 0.711. The van der Waals surface area contributed by atoms with Crippen molar-refractivity contribution in [2.45, 2.75) is 12.1 Å². The van der Waals surface area contributed by atoms with Gasteiger partial charge in [-0.05, 0) is 17.7 Å². The third-order valence-electron chi connectivity index (χ3n) is 4.48. The lowest BCUT2D eigenvalue weighted by atomic mass is 9.90. The van der Waals surface area contributed by atoms with Crippen molar-refractivity contribution < 1.29 is 28.7 Å². The molecule has 0 aliphatic carbocycles. The molecule has 0 saturated carbocycles. The number of likely N-dealkylation sites (N-methyl/N-ethyl adjacent to an activating group) is 1. The summed E-state index contributed by atoms with van der Waals surface area (Å²) in [5.74, 6) is -1.19. The molecule has 3 amide bonds. The molecule has 2 aliphatic rings. The van der Waals surface area contributed by atoms with Crippen molar-refractivity contribution in [1.29, 1.82) is 0 Å². The normalized spacial score (nSPS) is 26.0. The van der Waals surface area contributed by atoms with Crippen molar-refractivity contribution >= 4 is 17.7 Å². The molecular weight excluding hydrogens is 330 g/mol. The van der Waals surface area contributed by atoms with Crippen LogP contribution in [0.3, 0.4) is 0 Å². The Morgan fingerprint density at radius 3 is 2.48 bits per heavy atom. The number of nitrogens with two attached hydrogens (primary N) is 1. The van der Waals surface area contributed by atoms with Crippen molar-refractivity contribution in [2.24, 2.45) is 11.7 Å². The van der Waals surface area contributed by atoms with Crippen molar-refractivity contribution in [1.82, 2.24) is 9.96 Å². The van der Waals surface area contributed by atoms with E-state index in [9.17, 15) is 14.4 Å². The lowest BCUT2D eigenvalue weighted by molar-refractivity contribution is -0.181. The first-order valence-electron chi connectivity index (χ1n) is 7.64. The molecule has 0 aromatic heterocycles. The number of hydrogen-bond acceptors (Lipinski definition) is 7. The predicted octanol–water partition coefficient (Wildman–Crippen LogP) is -0.539. The number of hydroxylamine groups is 2. The van der Waals surface area contributed by atoms with Gasteiger partial charge in [-0.25, -0.2) is 0 Å². The van der Waals surface area contributed by atoms with E-state index in [4.69, 9.17) is 20.0 Å². The SMILES string of the molecule is COc1ccc(C2C3C(=O)N(C)C(=O)C3ON2CC(N)=O)cc1OC. The molecule has 0 radical (unpaired) electrons. The monoisotopic (exact) mass is 349 g/mol. The van der Waals surface area contributed by atoms with Gasteiger partial charge in [0.1, 0.15) is 6.54 Å². The smallest absolute Gasteiger partial charge is 0.261 e. The van der Waals surface area contributed by atoms with Crippen molar-refractivity contribution in [3.8, 4) is 11.5 Å². The fraction of sp³-hybridized carbons (Fsp3) is 0.438. The first-order valence-corrected chi connectivity index (χ1v) is 7.64. The van der Waals surface area contributed by atoms with Gasteiger partial charge in [0.2, 0.25) is 11.8 Å². The first kappa shape index (κ1) is 17.2. The van der Waals surface area contributed by atoms with Crippen LogP contribution in [0.4, 0.5) is 0 Å². The average molecular weight is 349 g/mol. The highest BCUT2D eigenvalue weighted by Crippen LogP contribution is 2.45. The predicted molar refractivity (Wildman–Crippen MR) is 84.3 cm³/mol. The Kier molecular flexibility index (Phi) is 4.36. The van der Waals surface area contributed by atoms with E-state index in [1.165, 1.54) is 26.3 Å². The molecule has 0 spiro atoms. The van der Waals surface area contributed by atoms with Crippen LogP contribution in [-0.2, 0) is 19.2 Å². The minimum Gasteiger partial charge on any atom is -0.493 e. The molecule has 25 heavy (non-hydrogen) atoms. The molecule has 9 heteroatoms. The summed E-state index contributed by atoms with van der Waals surface area (Å²) < 4.78 is 10.5. The number of likely N-dealkylation sites (tertiary alicyclic amines) is 1. The van der Waals surface area contributed by atoms with Crippen LogP contribution in [0.2, 0.25) is 0 Å². The van der Waals surface area contributed by atoms with E-state index in [0.29, 0.717) is 17.1 Å². The van der Waals surface area contributed by atoms with Gasteiger partial charge < -0.3 is 15.2 Å². The highest BCUT2D eigenvalue weighted by Gasteiger charge is 2.58. The number of carbonyl (C=O) groups excluding carboxylic acids is 3. The number of imide groups is 1. The lowest BCUT2D eigenvalue weighted by Crippen LogP contribution is -2.38. The minimum atomic E-state index is -0.963. The van der Waals surface area contributed by atoms with E-state index in [2.05, 4.69) is 0 Å². The van der Waals surface area contributed by atoms with Gasteiger partial charge in [-0.15, -0.1) is 0 Å². The van der Waals surface area contributed by atoms with Crippen LogP contribution in [0.1, 0.15) is 11.6 Å². The summed E-state index contributed by atoms with van der Waals surface area (Å²) in [6.07, 6.45) is -0.963. The maximum Gasteiger partial charge on any atom is 0.261 e. The zero-order chi connectivity index (χ0) is 18.3. The topological polar surface area (TPSA) is 111 Å². The Labute approximate surface area is 144 Å². The average Bonchev–Trinajstić information content (AvgIpc) is 3.05. The molecule has 2 fully saturated rings. The number of hydrogen-bond donors (Lipinski definition) is 1. The second-order valence-electron chi connectivity index (χ2n) is 5.89. The molecule has 2 aliphatic heterocycles. The van der Waals surface area contributed by atoms with Gasteiger partial charge in [-0.1, -0.05) is 6.07 Å². The fourth-order valence-corrected chi connectivity index (χ4v) is 3.31. The summed E-state index contributed by atoms with van der Waals surface area (Å²) in [5, 5.41) is 1.29. The van der Waals surface area contributed by atoms with Crippen LogP contribution >= 0.6 is 0 Å². The maximum atomic E-state index is 12.5. The van der Waals surface area contributed by atoms with Gasteiger partial charge in [-0.2, -0.15) is 5.06 Å².